The molecule has 1 aliphatic rings. The third kappa shape index (κ3) is 4.62. The molecular formula is C14H18N2O3. The van der Waals surface area contributed by atoms with Crippen LogP contribution in [0.2, 0.25) is 0 Å². The molecule has 0 unspecified atom stereocenters. The molecule has 5 nitrogen and oxygen atoms in total. The average molecular weight is 262 g/mol. The van der Waals surface area contributed by atoms with E-state index < -0.39 is 6.09 Å². The molecule has 5 heteroatoms. The van der Waals surface area contributed by atoms with E-state index in [0.29, 0.717) is 6.61 Å². The lowest BCUT2D eigenvalue weighted by molar-refractivity contribution is 0.128. The van der Waals surface area contributed by atoms with Gasteiger partial charge in [-0.15, -0.1) is 0 Å². The summed E-state index contributed by atoms with van der Waals surface area (Å²) in [6, 6.07) is 9.93. The minimum atomic E-state index is -0.953. The average Bonchev–Trinajstić information content (AvgIpc) is 2.41. The van der Waals surface area contributed by atoms with Gasteiger partial charge in [-0.2, -0.15) is 0 Å². The van der Waals surface area contributed by atoms with E-state index >= 15 is 0 Å². The van der Waals surface area contributed by atoms with Crippen LogP contribution in [0.4, 0.5) is 4.79 Å². The SMILES string of the molecule is O=C(O)NC1CCC(=NOCc2ccccc2)CC1. The van der Waals surface area contributed by atoms with E-state index in [1.165, 1.54) is 0 Å². The number of oxime groups is 1. The lowest BCUT2D eigenvalue weighted by Gasteiger charge is -2.22. The number of carbonyl (C=O) groups is 1. The first kappa shape index (κ1) is 13.4. The number of amides is 1. The molecular weight excluding hydrogens is 244 g/mol. The Morgan fingerprint density at radius 1 is 1.32 bits per heavy atom. The monoisotopic (exact) mass is 262 g/mol. The van der Waals surface area contributed by atoms with E-state index in [1.54, 1.807) is 0 Å². The molecule has 102 valence electrons. The summed E-state index contributed by atoms with van der Waals surface area (Å²) in [7, 11) is 0. The van der Waals surface area contributed by atoms with Gasteiger partial charge in [-0.05, 0) is 31.2 Å². The van der Waals surface area contributed by atoms with Crippen LogP contribution in [-0.2, 0) is 11.4 Å². The largest absolute Gasteiger partial charge is 0.465 e. The molecule has 0 saturated heterocycles. The molecule has 1 aliphatic carbocycles. The van der Waals surface area contributed by atoms with Gasteiger partial charge in [0.05, 0.1) is 5.71 Å². The second kappa shape index (κ2) is 6.78. The van der Waals surface area contributed by atoms with Crippen LogP contribution in [0.1, 0.15) is 31.2 Å². The van der Waals surface area contributed by atoms with E-state index in [1.807, 2.05) is 30.3 Å². The molecule has 0 aliphatic heterocycles. The van der Waals surface area contributed by atoms with Crippen molar-refractivity contribution in [1.29, 1.82) is 0 Å². The van der Waals surface area contributed by atoms with Crippen molar-refractivity contribution in [3.8, 4) is 0 Å². The number of hydrogen-bond donors (Lipinski definition) is 2. The topological polar surface area (TPSA) is 70.9 Å². The van der Waals surface area contributed by atoms with Gasteiger partial charge in [-0.3, -0.25) is 0 Å². The molecule has 1 fully saturated rings. The molecule has 0 bridgehead atoms. The number of nitrogens with one attached hydrogen (secondary N) is 1. The van der Waals surface area contributed by atoms with E-state index in [4.69, 9.17) is 9.94 Å². The Morgan fingerprint density at radius 3 is 2.63 bits per heavy atom. The number of benzene rings is 1. The number of nitrogens with zero attached hydrogens (tertiary/aromatic N) is 1. The van der Waals surface area contributed by atoms with Gasteiger partial charge in [0.25, 0.3) is 0 Å². The lowest BCUT2D eigenvalue weighted by atomic mass is 9.94. The van der Waals surface area contributed by atoms with Crippen LogP contribution in [0.5, 0.6) is 0 Å². The second-order valence-corrected chi connectivity index (χ2v) is 4.64. The minimum Gasteiger partial charge on any atom is -0.465 e. The van der Waals surface area contributed by atoms with Gasteiger partial charge in [0, 0.05) is 6.04 Å². The van der Waals surface area contributed by atoms with Crippen LogP contribution in [0.3, 0.4) is 0 Å². The Morgan fingerprint density at radius 2 is 2.00 bits per heavy atom. The highest BCUT2D eigenvalue weighted by Crippen LogP contribution is 2.16. The van der Waals surface area contributed by atoms with Gasteiger partial charge in [0.15, 0.2) is 0 Å². The van der Waals surface area contributed by atoms with Gasteiger partial charge >= 0.3 is 6.09 Å². The summed E-state index contributed by atoms with van der Waals surface area (Å²) in [6.45, 7) is 0.473. The molecule has 1 aromatic rings. The number of rotatable bonds is 4. The molecule has 2 N–H and O–H groups in total. The molecule has 1 amide bonds. The Hall–Kier alpha value is -2.04. The zero-order valence-corrected chi connectivity index (χ0v) is 10.7. The van der Waals surface area contributed by atoms with Gasteiger partial charge in [0.1, 0.15) is 6.61 Å². The van der Waals surface area contributed by atoms with Crippen molar-refractivity contribution in [2.45, 2.75) is 38.3 Å². The zero-order chi connectivity index (χ0) is 13.5. The van der Waals surface area contributed by atoms with Crippen molar-refractivity contribution in [3.05, 3.63) is 35.9 Å². The first-order chi connectivity index (χ1) is 9.24. The summed E-state index contributed by atoms with van der Waals surface area (Å²) in [5, 5.41) is 15.3. The molecule has 0 heterocycles. The van der Waals surface area contributed by atoms with Crippen LogP contribution < -0.4 is 5.32 Å². The Bertz CT molecular complexity index is 435. The first-order valence-corrected chi connectivity index (χ1v) is 6.45. The van der Waals surface area contributed by atoms with Crippen molar-refractivity contribution in [1.82, 2.24) is 5.32 Å². The van der Waals surface area contributed by atoms with Crippen molar-refractivity contribution in [2.75, 3.05) is 0 Å². The number of hydrogen-bond acceptors (Lipinski definition) is 3. The molecule has 0 spiro atoms. The summed E-state index contributed by atoms with van der Waals surface area (Å²) < 4.78 is 0. The third-order valence-electron chi connectivity index (χ3n) is 3.16. The van der Waals surface area contributed by atoms with E-state index in [0.717, 1.165) is 37.0 Å². The highest BCUT2D eigenvalue weighted by molar-refractivity contribution is 5.84. The fourth-order valence-electron chi connectivity index (χ4n) is 2.13. The summed E-state index contributed by atoms with van der Waals surface area (Å²) in [5.41, 5.74) is 2.10. The minimum absolute atomic E-state index is 0.0468. The van der Waals surface area contributed by atoms with Crippen LogP contribution in [0, 0.1) is 0 Å². The standard InChI is InChI=1S/C14H18N2O3/c17-14(18)15-12-6-8-13(9-7-12)16-19-10-11-4-2-1-3-5-11/h1-5,12,15H,6-10H2,(H,17,18). The predicted octanol–water partition coefficient (Wildman–Crippen LogP) is 2.77. The summed E-state index contributed by atoms with van der Waals surface area (Å²) in [4.78, 5) is 15.8. The van der Waals surface area contributed by atoms with Crippen LogP contribution >= 0.6 is 0 Å². The van der Waals surface area contributed by atoms with Crippen molar-refractivity contribution in [3.63, 3.8) is 0 Å². The first-order valence-electron chi connectivity index (χ1n) is 6.45. The predicted molar refractivity (Wildman–Crippen MR) is 72.1 cm³/mol. The molecule has 1 aromatic carbocycles. The quantitative estimate of drug-likeness (QED) is 0.820. The van der Waals surface area contributed by atoms with Crippen LogP contribution in [0.15, 0.2) is 35.5 Å². The summed E-state index contributed by atoms with van der Waals surface area (Å²) in [6.07, 6.45) is 2.21. The zero-order valence-electron chi connectivity index (χ0n) is 10.7. The highest BCUT2D eigenvalue weighted by Gasteiger charge is 2.19. The molecule has 1 saturated carbocycles. The van der Waals surface area contributed by atoms with Gasteiger partial charge in [0.2, 0.25) is 0 Å². The summed E-state index contributed by atoms with van der Waals surface area (Å²) >= 11 is 0. The maximum Gasteiger partial charge on any atom is 0.404 e. The summed E-state index contributed by atoms with van der Waals surface area (Å²) in [5.74, 6) is 0. The lowest BCUT2D eigenvalue weighted by Crippen LogP contribution is -2.36. The fraction of sp³-hybridized carbons (Fsp3) is 0.429. The van der Waals surface area contributed by atoms with Crippen LogP contribution in [-0.4, -0.2) is 23.0 Å². The molecule has 0 aromatic heterocycles. The Kier molecular flexibility index (Phi) is 4.78. The highest BCUT2D eigenvalue weighted by atomic mass is 16.6. The normalized spacial score (nSPS) is 18.7. The third-order valence-corrected chi connectivity index (χ3v) is 3.16. The van der Waals surface area contributed by atoms with Crippen molar-refractivity contribution >= 4 is 11.8 Å². The molecule has 2 rings (SSSR count). The maximum atomic E-state index is 10.5. The molecule has 0 atom stereocenters. The van der Waals surface area contributed by atoms with Crippen LogP contribution in [0.25, 0.3) is 0 Å². The Balaban J connectivity index is 1.72. The molecule has 0 radical (unpaired) electrons. The fourth-order valence-corrected chi connectivity index (χ4v) is 2.13. The number of carboxylic acid groups (broad SMARTS) is 1. The van der Waals surface area contributed by atoms with Gasteiger partial charge < -0.3 is 15.3 Å². The maximum absolute atomic E-state index is 10.5. The van der Waals surface area contributed by atoms with E-state index in [-0.39, 0.29) is 6.04 Å². The van der Waals surface area contributed by atoms with Crippen molar-refractivity contribution in [2.24, 2.45) is 5.16 Å². The van der Waals surface area contributed by atoms with E-state index in [2.05, 4.69) is 10.5 Å². The van der Waals surface area contributed by atoms with E-state index in [9.17, 15) is 4.79 Å². The smallest absolute Gasteiger partial charge is 0.404 e. The Labute approximate surface area is 112 Å². The molecule has 19 heavy (non-hydrogen) atoms. The van der Waals surface area contributed by atoms with Gasteiger partial charge in [-0.25, -0.2) is 4.79 Å². The second-order valence-electron chi connectivity index (χ2n) is 4.64. The van der Waals surface area contributed by atoms with Crippen molar-refractivity contribution < 1.29 is 14.7 Å². The van der Waals surface area contributed by atoms with Gasteiger partial charge in [-0.1, -0.05) is 35.5 Å².